The molecule has 0 spiro atoms. The summed E-state index contributed by atoms with van der Waals surface area (Å²) in [5, 5.41) is 10.1. The van der Waals surface area contributed by atoms with Crippen molar-refractivity contribution in [3.63, 3.8) is 0 Å². The number of rotatable bonds is 8. The maximum Gasteiger partial charge on any atom is 0.212 e. The Kier molecular flexibility index (Phi) is 6.23. The summed E-state index contributed by atoms with van der Waals surface area (Å²) in [6.07, 6.45) is 2.62. The van der Waals surface area contributed by atoms with Gasteiger partial charge in [-0.15, -0.1) is 0 Å². The Morgan fingerprint density at radius 1 is 0.923 bits per heavy atom. The van der Waals surface area contributed by atoms with E-state index >= 15 is 0 Å². The lowest BCUT2D eigenvalue weighted by molar-refractivity contribution is 0.100. The molecule has 0 aliphatic heterocycles. The highest BCUT2D eigenvalue weighted by Gasteiger charge is 2.07. The Labute approximate surface area is 154 Å². The normalized spacial score (nSPS) is 11.8. The van der Waals surface area contributed by atoms with Crippen molar-refractivity contribution in [2.45, 2.75) is 18.9 Å². The highest BCUT2D eigenvalue weighted by Crippen LogP contribution is 2.22. The summed E-state index contributed by atoms with van der Waals surface area (Å²) in [5.74, 6) is 1.35. The molecule has 1 aromatic heterocycles. The lowest BCUT2D eigenvalue weighted by Crippen LogP contribution is -2.18. The summed E-state index contributed by atoms with van der Waals surface area (Å²) in [7, 11) is 1.59. The first-order valence-electron chi connectivity index (χ1n) is 8.70. The first-order chi connectivity index (χ1) is 12.7. The van der Waals surface area contributed by atoms with E-state index in [1.807, 2.05) is 54.6 Å². The van der Waals surface area contributed by atoms with E-state index in [0.717, 1.165) is 23.3 Å². The number of aromatic nitrogens is 1. The number of benzene rings is 2. The van der Waals surface area contributed by atoms with Crippen LogP contribution in [0.2, 0.25) is 0 Å². The van der Waals surface area contributed by atoms with E-state index in [9.17, 15) is 5.11 Å². The molecular formula is C22H23NO3. The van der Waals surface area contributed by atoms with E-state index in [1.54, 1.807) is 13.3 Å². The summed E-state index contributed by atoms with van der Waals surface area (Å²) >= 11 is 0. The molecule has 0 fully saturated rings. The average molecular weight is 349 g/mol. The van der Waals surface area contributed by atoms with Crippen LogP contribution >= 0.6 is 0 Å². The van der Waals surface area contributed by atoms with Gasteiger partial charge in [0.05, 0.1) is 13.2 Å². The number of ether oxygens (including phenoxy) is 2. The van der Waals surface area contributed by atoms with Gasteiger partial charge in [0, 0.05) is 12.3 Å². The highest BCUT2D eigenvalue weighted by molar-refractivity contribution is 5.63. The molecule has 1 N–H and O–H groups in total. The molecule has 0 saturated carbocycles. The van der Waals surface area contributed by atoms with Crippen molar-refractivity contribution in [1.82, 2.24) is 4.98 Å². The monoisotopic (exact) mass is 349 g/mol. The third-order valence-electron chi connectivity index (χ3n) is 4.18. The fourth-order valence-electron chi connectivity index (χ4n) is 2.66. The molecule has 1 atom stereocenters. The van der Waals surface area contributed by atoms with Crippen LogP contribution < -0.4 is 9.47 Å². The number of aryl methyl sites for hydroxylation is 1. The maximum absolute atomic E-state index is 10.1. The quantitative estimate of drug-likeness (QED) is 0.664. The SMILES string of the molecule is COc1ccc(CCC(O)COc2ccc(-c3ccccc3)cc2)cn1. The minimum Gasteiger partial charge on any atom is -0.491 e. The summed E-state index contributed by atoms with van der Waals surface area (Å²) in [6.45, 7) is 0.272. The van der Waals surface area contributed by atoms with Crippen LogP contribution in [0, 0.1) is 0 Å². The molecule has 0 aliphatic carbocycles. The van der Waals surface area contributed by atoms with Gasteiger partial charge in [-0.05, 0) is 41.7 Å². The maximum atomic E-state index is 10.1. The molecule has 3 aromatic rings. The average Bonchev–Trinajstić information content (AvgIpc) is 2.72. The number of nitrogens with zero attached hydrogens (tertiary/aromatic N) is 1. The lowest BCUT2D eigenvalue weighted by atomic mass is 10.1. The molecule has 26 heavy (non-hydrogen) atoms. The van der Waals surface area contributed by atoms with Crippen LogP contribution in [0.5, 0.6) is 11.6 Å². The van der Waals surface area contributed by atoms with Gasteiger partial charge in [0.1, 0.15) is 12.4 Å². The third-order valence-corrected chi connectivity index (χ3v) is 4.18. The van der Waals surface area contributed by atoms with Crippen molar-refractivity contribution in [3.05, 3.63) is 78.5 Å². The van der Waals surface area contributed by atoms with E-state index in [2.05, 4.69) is 17.1 Å². The Hall–Kier alpha value is -2.85. The van der Waals surface area contributed by atoms with Gasteiger partial charge in [-0.1, -0.05) is 48.5 Å². The molecule has 4 heteroatoms. The summed E-state index contributed by atoms with van der Waals surface area (Å²) in [6, 6.07) is 21.9. The molecule has 0 bridgehead atoms. The second kappa shape index (κ2) is 9.02. The molecule has 0 amide bonds. The zero-order chi connectivity index (χ0) is 18.2. The van der Waals surface area contributed by atoms with Crippen LogP contribution in [-0.4, -0.2) is 29.9 Å². The van der Waals surface area contributed by atoms with Gasteiger partial charge < -0.3 is 14.6 Å². The van der Waals surface area contributed by atoms with Crippen LogP contribution in [0.1, 0.15) is 12.0 Å². The number of hydrogen-bond acceptors (Lipinski definition) is 4. The molecule has 0 radical (unpaired) electrons. The minimum absolute atomic E-state index is 0.272. The molecule has 0 aliphatic rings. The molecule has 0 saturated heterocycles. The Morgan fingerprint density at radius 3 is 2.31 bits per heavy atom. The van der Waals surface area contributed by atoms with Gasteiger partial charge >= 0.3 is 0 Å². The van der Waals surface area contributed by atoms with E-state index in [4.69, 9.17) is 9.47 Å². The van der Waals surface area contributed by atoms with E-state index in [1.165, 1.54) is 5.56 Å². The lowest BCUT2D eigenvalue weighted by Gasteiger charge is -2.13. The Bertz CT molecular complexity index is 786. The van der Waals surface area contributed by atoms with Crippen LogP contribution in [0.4, 0.5) is 0 Å². The van der Waals surface area contributed by atoms with Gasteiger partial charge in [0.25, 0.3) is 0 Å². The second-order valence-corrected chi connectivity index (χ2v) is 6.10. The molecule has 1 unspecified atom stereocenters. The molecular weight excluding hydrogens is 326 g/mol. The number of aliphatic hydroxyl groups excluding tert-OH is 1. The van der Waals surface area contributed by atoms with E-state index in [-0.39, 0.29) is 6.61 Å². The first kappa shape index (κ1) is 18.0. The summed E-state index contributed by atoms with van der Waals surface area (Å²) < 4.78 is 10.7. The van der Waals surface area contributed by atoms with Crippen LogP contribution in [-0.2, 0) is 6.42 Å². The first-order valence-corrected chi connectivity index (χ1v) is 8.70. The zero-order valence-corrected chi connectivity index (χ0v) is 14.8. The summed E-state index contributed by atoms with van der Waals surface area (Å²) in [5.41, 5.74) is 3.38. The largest absolute Gasteiger partial charge is 0.491 e. The van der Waals surface area contributed by atoms with Crippen molar-refractivity contribution in [1.29, 1.82) is 0 Å². The van der Waals surface area contributed by atoms with Crippen molar-refractivity contribution >= 4 is 0 Å². The fraction of sp³-hybridized carbons (Fsp3) is 0.227. The Balaban J connectivity index is 1.45. The number of pyridine rings is 1. The minimum atomic E-state index is -0.522. The highest BCUT2D eigenvalue weighted by atomic mass is 16.5. The predicted octanol–water partition coefficient (Wildman–Crippen LogP) is 4.13. The predicted molar refractivity (Wildman–Crippen MR) is 102 cm³/mol. The number of methoxy groups -OCH3 is 1. The third kappa shape index (κ3) is 5.07. The molecule has 134 valence electrons. The molecule has 2 aromatic carbocycles. The van der Waals surface area contributed by atoms with Crippen LogP contribution in [0.3, 0.4) is 0 Å². The van der Waals surface area contributed by atoms with Gasteiger partial charge in [0.2, 0.25) is 5.88 Å². The van der Waals surface area contributed by atoms with Crippen molar-refractivity contribution in [2.75, 3.05) is 13.7 Å². The molecule has 3 rings (SSSR count). The fourth-order valence-corrected chi connectivity index (χ4v) is 2.66. The van der Waals surface area contributed by atoms with Gasteiger partial charge in [-0.2, -0.15) is 0 Å². The molecule has 4 nitrogen and oxygen atoms in total. The van der Waals surface area contributed by atoms with E-state index in [0.29, 0.717) is 12.3 Å². The zero-order valence-electron chi connectivity index (χ0n) is 14.8. The summed E-state index contributed by atoms with van der Waals surface area (Å²) in [4.78, 5) is 4.17. The number of aliphatic hydroxyl groups is 1. The topological polar surface area (TPSA) is 51.6 Å². The standard InChI is InChI=1S/C22H23NO3/c1-25-22-14-8-17(15-23-22)7-11-20(24)16-26-21-12-9-19(10-13-21)18-5-3-2-4-6-18/h2-6,8-10,12-15,20,24H,7,11,16H2,1H3. The van der Waals surface area contributed by atoms with Crippen LogP contribution in [0.25, 0.3) is 11.1 Å². The van der Waals surface area contributed by atoms with Crippen molar-refractivity contribution < 1.29 is 14.6 Å². The number of hydrogen-bond donors (Lipinski definition) is 1. The van der Waals surface area contributed by atoms with Crippen molar-refractivity contribution in [3.8, 4) is 22.8 Å². The van der Waals surface area contributed by atoms with Gasteiger partial charge in [-0.25, -0.2) is 4.98 Å². The van der Waals surface area contributed by atoms with Gasteiger partial charge in [-0.3, -0.25) is 0 Å². The van der Waals surface area contributed by atoms with Crippen LogP contribution in [0.15, 0.2) is 72.9 Å². The van der Waals surface area contributed by atoms with E-state index < -0.39 is 6.10 Å². The Morgan fingerprint density at radius 2 is 1.65 bits per heavy atom. The smallest absolute Gasteiger partial charge is 0.212 e. The molecule has 1 heterocycles. The van der Waals surface area contributed by atoms with Gasteiger partial charge in [0.15, 0.2) is 0 Å². The second-order valence-electron chi connectivity index (χ2n) is 6.10. The van der Waals surface area contributed by atoms with Crippen molar-refractivity contribution in [2.24, 2.45) is 0 Å².